The quantitative estimate of drug-likeness (QED) is 0.367. The number of guanidine groups is 1. The van der Waals surface area contributed by atoms with E-state index in [0.717, 1.165) is 70.5 Å². The maximum atomic E-state index is 6.29. The Morgan fingerprint density at radius 3 is 2.21 bits per heavy atom. The lowest BCUT2D eigenvalue weighted by molar-refractivity contribution is 0.109. The van der Waals surface area contributed by atoms with Gasteiger partial charge in [0.05, 0.1) is 6.54 Å². The minimum Gasteiger partial charge on any atom is -0.370 e. The summed E-state index contributed by atoms with van der Waals surface area (Å²) in [5, 5.41) is 0.777. The lowest BCUT2D eigenvalue weighted by Gasteiger charge is -2.38. The van der Waals surface area contributed by atoms with E-state index in [9.17, 15) is 0 Å². The average Bonchev–Trinajstić information content (AvgIpc) is 2.72. The normalized spacial score (nSPS) is 20.8. The third-order valence-corrected chi connectivity index (χ3v) is 6.04. The van der Waals surface area contributed by atoms with Gasteiger partial charge in [-0.2, -0.15) is 0 Å². The van der Waals surface area contributed by atoms with Gasteiger partial charge in [-0.05, 0) is 37.7 Å². The van der Waals surface area contributed by atoms with Crippen LogP contribution in [-0.2, 0) is 0 Å². The number of piperazine rings is 2. The zero-order chi connectivity index (χ0) is 19.2. The molecule has 0 amide bonds. The first-order valence-electron chi connectivity index (χ1n) is 10.1. The number of likely N-dealkylation sites (N-methyl/N-ethyl adjacent to an activating group) is 1. The molecular weight excluding hydrogens is 487 g/mol. The number of hydrogen-bond donors (Lipinski definition) is 1. The fourth-order valence-corrected chi connectivity index (χ4v) is 3.93. The molecule has 0 aromatic heterocycles. The van der Waals surface area contributed by atoms with E-state index < -0.39 is 0 Å². The van der Waals surface area contributed by atoms with Gasteiger partial charge in [-0.1, -0.05) is 18.5 Å². The molecule has 2 fully saturated rings. The van der Waals surface area contributed by atoms with E-state index in [1.54, 1.807) is 0 Å². The zero-order valence-corrected chi connectivity index (χ0v) is 20.1. The molecular formula is C20H34ClIN6. The SMILES string of the molecule is CCN1CCN(C(C)CN=C(N)N2CCN(c3ccc(Cl)cc3)CC2)CC1.I. The van der Waals surface area contributed by atoms with Crippen LogP contribution in [-0.4, -0.2) is 92.1 Å². The molecule has 2 heterocycles. The van der Waals surface area contributed by atoms with Gasteiger partial charge in [-0.15, -0.1) is 24.0 Å². The van der Waals surface area contributed by atoms with Crippen LogP contribution >= 0.6 is 35.6 Å². The van der Waals surface area contributed by atoms with Gasteiger partial charge >= 0.3 is 0 Å². The molecule has 2 N–H and O–H groups in total. The van der Waals surface area contributed by atoms with E-state index in [2.05, 4.69) is 45.6 Å². The van der Waals surface area contributed by atoms with Crippen molar-refractivity contribution in [3.8, 4) is 0 Å². The monoisotopic (exact) mass is 520 g/mol. The molecule has 1 aromatic rings. The highest BCUT2D eigenvalue weighted by molar-refractivity contribution is 14.0. The van der Waals surface area contributed by atoms with Crippen LogP contribution in [0.3, 0.4) is 0 Å². The number of nitrogens with two attached hydrogens (primary N) is 1. The summed E-state index contributed by atoms with van der Waals surface area (Å²) in [5.41, 5.74) is 7.50. The summed E-state index contributed by atoms with van der Waals surface area (Å²) in [4.78, 5) is 14.3. The molecule has 0 bridgehead atoms. The van der Waals surface area contributed by atoms with E-state index >= 15 is 0 Å². The summed E-state index contributed by atoms with van der Waals surface area (Å²) in [7, 11) is 0. The maximum Gasteiger partial charge on any atom is 0.191 e. The summed E-state index contributed by atoms with van der Waals surface area (Å²) in [6, 6.07) is 8.49. The second-order valence-corrected chi connectivity index (χ2v) is 7.91. The predicted molar refractivity (Wildman–Crippen MR) is 130 cm³/mol. The number of hydrogen-bond acceptors (Lipinski definition) is 4. The second kappa shape index (κ2) is 11.4. The Bertz CT molecular complexity index is 610. The van der Waals surface area contributed by atoms with E-state index in [1.807, 2.05) is 12.1 Å². The minimum atomic E-state index is 0. The van der Waals surface area contributed by atoms with Crippen molar-refractivity contribution in [2.45, 2.75) is 19.9 Å². The van der Waals surface area contributed by atoms with Crippen molar-refractivity contribution in [1.29, 1.82) is 0 Å². The highest BCUT2D eigenvalue weighted by Crippen LogP contribution is 2.19. The number of anilines is 1. The van der Waals surface area contributed by atoms with Crippen LogP contribution in [0.4, 0.5) is 5.69 Å². The molecule has 1 aromatic carbocycles. The van der Waals surface area contributed by atoms with Gasteiger partial charge in [0.15, 0.2) is 5.96 Å². The molecule has 1 atom stereocenters. The third kappa shape index (κ3) is 6.37. The Morgan fingerprint density at radius 2 is 1.64 bits per heavy atom. The van der Waals surface area contributed by atoms with Gasteiger partial charge in [-0.3, -0.25) is 9.89 Å². The topological polar surface area (TPSA) is 51.3 Å². The fourth-order valence-electron chi connectivity index (χ4n) is 3.81. The summed E-state index contributed by atoms with van der Waals surface area (Å²) in [6.45, 7) is 14.7. The molecule has 2 saturated heterocycles. The van der Waals surface area contributed by atoms with E-state index in [1.165, 1.54) is 5.69 Å². The van der Waals surface area contributed by atoms with E-state index in [0.29, 0.717) is 12.0 Å². The number of halogens is 2. The Kier molecular flexibility index (Phi) is 9.59. The molecule has 158 valence electrons. The van der Waals surface area contributed by atoms with Crippen LogP contribution in [0, 0.1) is 0 Å². The Hall–Kier alpha value is -0.770. The molecule has 0 saturated carbocycles. The van der Waals surface area contributed by atoms with Crippen molar-refractivity contribution in [3.63, 3.8) is 0 Å². The second-order valence-electron chi connectivity index (χ2n) is 7.47. The molecule has 0 radical (unpaired) electrons. The van der Waals surface area contributed by atoms with Gasteiger partial charge in [0, 0.05) is 69.1 Å². The Labute approximate surface area is 191 Å². The summed E-state index contributed by atoms with van der Waals surface area (Å²) in [5.74, 6) is 0.685. The first-order chi connectivity index (χ1) is 13.1. The standard InChI is InChI=1S/C20H33ClN6.HI/c1-3-24-8-10-25(11-9-24)17(2)16-23-20(22)27-14-12-26(13-15-27)19-6-4-18(21)5-7-19;/h4-7,17H,3,8-16H2,1-2H3,(H2,22,23);1H. The molecule has 8 heteroatoms. The fraction of sp³-hybridized carbons (Fsp3) is 0.650. The smallest absolute Gasteiger partial charge is 0.191 e. The average molecular weight is 521 g/mol. The van der Waals surface area contributed by atoms with Crippen molar-refractivity contribution in [2.24, 2.45) is 10.7 Å². The van der Waals surface area contributed by atoms with Crippen LogP contribution in [0.15, 0.2) is 29.3 Å². The molecule has 0 aliphatic carbocycles. The van der Waals surface area contributed by atoms with Crippen molar-refractivity contribution >= 4 is 47.2 Å². The van der Waals surface area contributed by atoms with Crippen LogP contribution < -0.4 is 10.6 Å². The first kappa shape index (κ1) is 23.5. The van der Waals surface area contributed by atoms with Crippen LogP contribution in [0.25, 0.3) is 0 Å². The number of benzene rings is 1. The molecule has 0 spiro atoms. The summed E-state index contributed by atoms with van der Waals surface area (Å²) >= 11 is 5.98. The molecule has 2 aliphatic rings. The van der Waals surface area contributed by atoms with E-state index in [4.69, 9.17) is 22.3 Å². The van der Waals surface area contributed by atoms with Crippen molar-refractivity contribution in [1.82, 2.24) is 14.7 Å². The number of nitrogens with zero attached hydrogens (tertiary/aromatic N) is 5. The molecule has 6 nitrogen and oxygen atoms in total. The molecule has 2 aliphatic heterocycles. The van der Waals surface area contributed by atoms with Crippen molar-refractivity contribution < 1.29 is 0 Å². The molecule has 3 rings (SSSR count). The molecule has 28 heavy (non-hydrogen) atoms. The van der Waals surface area contributed by atoms with Gasteiger partial charge in [0.1, 0.15) is 0 Å². The highest BCUT2D eigenvalue weighted by atomic mass is 127. The van der Waals surface area contributed by atoms with Gasteiger partial charge in [-0.25, -0.2) is 0 Å². The van der Waals surface area contributed by atoms with Crippen LogP contribution in [0.2, 0.25) is 5.02 Å². The van der Waals surface area contributed by atoms with Gasteiger partial charge in [0.25, 0.3) is 0 Å². The Morgan fingerprint density at radius 1 is 1.04 bits per heavy atom. The first-order valence-corrected chi connectivity index (χ1v) is 10.5. The van der Waals surface area contributed by atoms with Crippen molar-refractivity contribution in [3.05, 3.63) is 29.3 Å². The maximum absolute atomic E-state index is 6.29. The number of aliphatic imine (C=N–C) groups is 1. The van der Waals surface area contributed by atoms with Crippen molar-refractivity contribution in [2.75, 3.05) is 70.3 Å². The summed E-state index contributed by atoms with van der Waals surface area (Å²) < 4.78 is 0. The van der Waals surface area contributed by atoms with Gasteiger partial charge in [0.2, 0.25) is 0 Å². The highest BCUT2D eigenvalue weighted by Gasteiger charge is 2.21. The lowest BCUT2D eigenvalue weighted by Crippen LogP contribution is -2.52. The lowest BCUT2D eigenvalue weighted by atomic mass is 10.2. The van der Waals surface area contributed by atoms with Crippen LogP contribution in [0.5, 0.6) is 0 Å². The summed E-state index contributed by atoms with van der Waals surface area (Å²) in [6.07, 6.45) is 0. The third-order valence-electron chi connectivity index (χ3n) is 5.79. The van der Waals surface area contributed by atoms with Crippen LogP contribution in [0.1, 0.15) is 13.8 Å². The number of rotatable bonds is 5. The van der Waals surface area contributed by atoms with E-state index in [-0.39, 0.29) is 24.0 Å². The largest absolute Gasteiger partial charge is 0.370 e. The Balaban J connectivity index is 0.00000280. The molecule has 1 unspecified atom stereocenters. The predicted octanol–water partition coefficient (Wildman–Crippen LogP) is 2.42. The minimum absolute atomic E-state index is 0. The van der Waals surface area contributed by atoms with Gasteiger partial charge < -0.3 is 20.4 Å². The zero-order valence-electron chi connectivity index (χ0n) is 17.1.